The number of amides is 2. The lowest BCUT2D eigenvalue weighted by molar-refractivity contribution is -0.135. The van der Waals surface area contributed by atoms with Crippen molar-refractivity contribution >= 4 is 29.3 Å². The van der Waals surface area contributed by atoms with Gasteiger partial charge in [-0.05, 0) is 29.8 Å². The molecule has 4 rings (SSSR count). The molecule has 0 radical (unpaired) electrons. The van der Waals surface area contributed by atoms with Gasteiger partial charge < -0.3 is 19.3 Å². The summed E-state index contributed by atoms with van der Waals surface area (Å²) in [5.41, 5.74) is 1.88. The third-order valence-corrected chi connectivity index (χ3v) is 6.55. The molecule has 7 heteroatoms. The molecule has 0 saturated carbocycles. The van der Waals surface area contributed by atoms with Crippen LogP contribution in [0.2, 0.25) is 0 Å². The van der Waals surface area contributed by atoms with Gasteiger partial charge in [-0.2, -0.15) is 0 Å². The monoisotopic (exact) mass is 412 g/mol. The fraction of sp³-hybridized carbons (Fsp3) is 0.364. The van der Waals surface area contributed by atoms with Crippen molar-refractivity contribution in [3.63, 3.8) is 0 Å². The number of fused-ring (bicyclic) bond motifs is 1. The van der Waals surface area contributed by atoms with E-state index in [1.807, 2.05) is 48.5 Å². The Morgan fingerprint density at radius 2 is 1.86 bits per heavy atom. The molecule has 1 saturated heterocycles. The van der Waals surface area contributed by atoms with Gasteiger partial charge in [0.15, 0.2) is 0 Å². The number of para-hydroxylation sites is 1. The first kappa shape index (κ1) is 19.8. The van der Waals surface area contributed by atoms with Crippen LogP contribution in [0.1, 0.15) is 17.2 Å². The third kappa shape index (κ3) is 4.41. The maximum atomic E-state index is 13.2. The van der Waals surface area contributed by atoms with Crippen LogP contribution in [0, 0.1) is 0 Å². The summed E-state index contributed by atoms with van der Waals surface area (Å²) in [6.07, 6.45) is 0.335. The number of benzene rings is 2. The van der Waals surface area contributed by atoms with Gasteiger partial charge in [0.1, 0.15) is 12.3 Å². The van der Waals surface area contributed by atoms with E-state index in [1.165, 1.54) is 0 Å². The molecule has 0 aliphatic carbocycles. The maximum absolute atomic E-state index is 13.2. The van der Waals surface area contributed by atoms with Gasteiger partial charge in [0.25, 0.3) is 0 Å². The Kier molecular flexibility index (Phi) is 6.06. The second-order valence-electron chi connectivity index (χ2n) is 7.02. The largest absolute Gasteiger partial charge is 0.497 e. The summed E-state index contributed by atoms with van der Waals surface area (Å²) >= 11 is 1.67. The van der Waals surface area contributed by atoms with Crippen LogP contribution in [0.25, 0.3) is 0 Å². The van der Waals surface area contributed by atoms with E-state index in [4.69, 9.17) is 9.47 Å². The van der Waals surface area contributed by atoms with Gasteiger partial charge in [0.05, 0.1) is 26.0 Å². The second-order valence-corrected chi connectivity index (χ2v) is 8.27. The van der Waals surface area contributed by atoms with Gasteiger partial charge in [-0.15, -0.1) is 11.8 Å². The summed E-state index contributed by atoms with van der Waals surface area (Å²) in [7, 11) is 1.64. The SMILES string of the molecule is COc1ccc([C@@H]2CC(=O)N(CC(=O)N3CCOCC3)c3ccccc3S2)cc1. The van der Waals surface area contributed by atoms with Crippen LogP contribution in [-0.2, 0) is 14.3 Å². The Labute approximate surface area is 174 Å². The maximum Gasteiger partial charge on any atom is 0.242 e. The van der Waals surface area contributed by atoms with E-state index in [1.54, 1.807) is 28.7 Å². The van der Waals surface area contributed by atoms with Crippen LogP contribution < -0.4 is 9.64 Å². The Balaban J connectivity index is 1.59. The van der Waals surface area contributed by atoms with Crippen LogP contribution in [-0.4, -0.2) is 56.7 Å². The van der Waals surface area contributed by atoms with Crippen molar-refractivity contribution in [1.29, 1.82) is 0 Å². The molecule has 1 fully saturated rings. The molecule has 6 nitrogen and oxygen atoms in total. The Morgan fingerprint density at radius 1 is 1.14 bits per heavy atom. The van der Waals surface area contributed by atoms with Crippen molar-refractivity contribution < 1.29 is 19.1 Å². The quantitative estimate of drug-likeness (QED) is 0.772. The number of ether oxygens (including phenoxy) is 2. The van der Waals surface area contributed by atoms with Crippen LogP contribution >= 0.6 is 11.8 Å². The topological polar surface area (TPSA) is 59.1 Å². The average Bonchev–Trinajstić information content (AvgIpc) is 2.91. The average molecular weight is 413 g/mol. The van der Waals surface area contributed by atoms with Crippen molar-refractivity contribution in [3.05, 3.63) is 54.1 Å². The predicted octanol–water partition coefficient (Wildman–Crippen LogP) is 3.12. The number of thioether (sulfide) groups is 1. The van der Waals surface area contributed by atoms with Gasteiger partial charge in [0, 0.05) is 29.7 Å². The van der Waals surface area contributed by atoms with E-state index in [0.717, 1.165) is 21.9 Å². The van der Waals surface area contributed by atoms with E-state index in [2.05, 4.69) is 0 Å². The van der Waals surface area contributed by atoms with Crippen LogP contribution in [0.5, 0.6) is 5.75 Å². The minimum atomic E-state index is -0.0376. The lowest BCUT2D eigenvalue weighted by Crippen LogP contribution is -2.47. The van der Waals surface area contributed by atoms with Gasteiger partial charge in [-0.25, -0.2) is 0 Å². The summed E-state index contributed by atoms with van der Waals surface area (Å²) in [5, 5.41) is -0.0157. The van der Waals surface area contributed by atoms with Gasteiger partial charge in [-0.3, -0.25) is 9.59 Å². The van der Waals surface area contributed by atoms with Crippen molar-refractivity contribution in [2.45, 2.75) is 16.6 Å². The summed E-state index contributed by atoms with van der Waals surface area (Å²) < 4.78 is 10.6. The summed E-state index contributed by atoms with van der Waals surface area (Å²) in [6, 6.07) is 15.6. The van der Waals surface area contributed by atoms with Gasteiger partial charge in [-0.1, -0.05) is 24.3 Å². The van der Waals surface area contributed by atoms with E-state index in [9.17, 15) is 9.59 Å². The summed E-state index contributed by atoms with van der Waals surface area (Å²) in [4.78, 5) is 30.4. The standard InChI is InChI=1S/C22H24N2O4S/c1-27-17-8-6-16(7-9-17)20-14-21(25)24(18-4-2-3-5-19(18)29-20)15-22(26)23-10-12-28-13-11-23/h2-9,20H,10-15H2,1H3/t20-/m0/s1. The first-order chi connectivity index (χ1) is 14.2. The normalized spacial score (nSPS) is 19.5. The van der Waals surface area contributed by atoms with E-state index >= 15 is 0 Å². The lowest BCUT2D eigenvalue weighted by Gasteiger charge is -2.30. The Hall–Kier alpha value is -2.51. The molecule has 2 aliphatic heterocycles. The highest BCUT2D eigenvalue weighted by atomic mass is 32.2. The number of morpholine rings is 1. The van der Waals surface area contributed by atoms with E-state index in [0.29, 0.717) is 32.7 Å². The number of nitrogens with zero attached hydrogens (tertiary/aromatic N) is 2. The Morgan fingerprint density at radius 3 is 2.59 bits per heavy atom. The first-order valence-corrected chi connectivity index (χ1v) is 10.6. The van der Waals surface area contributed by atoms with Crippen molar-refractivity contribution in [2.75, 3.05) is 44.9 Å². The minimum Gasteiger partial charge on any atom is -0.497 e. The number of carbonyl (C=O) groups is 2. The highest BCUT2D eigenvalue weighted by Crippen LogP contribution is 2.45. The van der Waals surface area contributed by atoms with E-state index in [-0.39, 0.29) is 23.6 Å². The molecule has 0 aromatic heterocycles. The molecule has 0 unspecified atom stereocenters. The molecule has 2 amide bonds. The van der Waals surface area contributed by atoms with Crippen molar-refractivity contribution in [2.24, 2.45) is 0 Å². The molecule has 1 atom stereocenters. The number of anilines is 1. The smallest absolute Gasteiger partial charge is 0.242 e. The second kappa shape index (κ2) is 8.88. The highest BCUT2D eigenvalue weighted by Gasteiger charge is 2.31. The minimum absolute atomic E-state index is 0.0157. The molecule has 0 bridgehead atoms. The van der Waals surface area contributed by atoms with Crippen molar-refractivity contribution in [1.82, 2.24) is 4.90 Å². The van der Waals surface area contributed by atoms with Crippen LogP contribution in [0.3, 0.4) is 0 Å². The van der Waals surface area contributed by atoms with Crippen LogP contribution in [0.15, 0.2) is 53.4 Å². The predicted molar refractivity (Wildman–Crippen MR) is 112 cm³/mol. The molecule has 2 heterocycles. The number of rotatable bonds is 4. The fourth-order valence-corrected chi connectivity index (χ4v) is 4.89. The third-order valence-electron chi connectivity index (χ3n) is 5.23. The molecule has 0 N–H and O–H groups in total. The molecule has 0 spiro atoms. The fourth-order valence-electron chi connectivity index (χ4n) is 3.60. The number of hydrogen-bond donors (Lipinski definition) is 0. The number of carbonyl (C=O) groups excluding carboxylic acids is 2. The molecule has 2 aliphatic rings. The van der Waals surface area contributed by atoms with Gasteiger partial charge in [0.2, 0.25) is 11.8 Å². The molecule has 29 heavy (non-hydrogen) atoms. The molecular weight excluding hydrogens is 388 g/mol. The molecule has 2 aromatic rings. The van der Waals surface area contributed by atoms with Crippen molar-refractivity contribution in [3.8, 4) is 5.75 Å². The zero-order chi connectivity index (χ0) is 20.2. The zero-order valence-corrected chi connectivity index (χ0v) is 17.2. The molecule has 2 aromatic carbocycles. The first-order valence-electron chi connectivity index (χ1n) is 9.71. The number of hydrogen-bond acceptors (Lipinski definition) is 5. The summed E-state index contributed by atoms with van der Waals surface area (Å²) in [6.45, 7) is 2.31. The molecule has 152 valence electrons. The van der Waals surface area contributed by atoms with Crippen LogP contribution in [0.4, 0.5) is 5.69 Å². The zero-order valence-electron chi connectivity index (χ0n) is 16.4. The lowest BCUT2D eigenvalue weighted by atomic mass is 10.1. The van der Waals surface area contributed by atoms with Gasteiger partial charge >= 0.3 is 0 Å². The Bertz CT molecular complexity index is 881. The highest BCUT2D eigenvalue weighted by molar-refractivity contribution is 7.99. The molecular formula is C22H24N2O4S. The summed E-state index contributed by atoms with van der Waals surface area (Å²) in [5.74, 6) is 0.714. The number of methoxy groups -OCH3 is 1. The van der Waals surface area contributed by atoms with E-state index < -0.39 is 0 Å².